The average Bonchev–Trinajstić information content (AvgIpc) is 3.29. The number of nitrogens with zero attached hydrogens (tertiary/aromatic N) is 7. The third-order valence-corrected chi connectivity index (χ3v) is 5.30. The number of pyridine rings is 1. The van der Waals surface area contributed by atoms with Gasteiger partial charge in [0.05, 0.1) is 30.6 Å². The highest BCUT2D eigenvalue weighted by molar-refractivity contribution is 5.79. The number of carbonyl (C=O) groups excluding carboxylic acids is 1. The zero-order valence-electron chi connectivity index (χ0n) is 15.7. The molecule has 2 aromatic heterocycles. The van der Waals surface area contributed by atoms with E-state index >= 15 is 0 Å². The normalized spacial score (nSPS) is 19.6. The number of carbonyl (C=O) groups is 1. The molecule has 4 heterocycles. The summed E-state index contributed by atoms with van der Waals surface area (Å²) in [7, 11) is 0. The third kappa shape index (κ3) is 3.86. The minimum Gasteiger partial charge on any atom is -0.355 e. The van der Waals surface area contributed by atoms with Gasteiger partial charge in [0.1, 0.15) is 18.0 Å². The molecule has 1 atom stereocenters. The van der Waals surface area contributed by atoms with Crippen LogP contribution in [0.15, 0.2) is 30.9 Å². The molecular weight excluding hydrogens is 370 g/mol. The van der Waals surface area contributed by atoms with E-state index in [0.29, 0.717) is 50.3 Å². The van der Waals surface area contributed by atoms with Crippen LogP contribution in [0.25, 0.3) is 0 Å². The van der Waals surface area contributed by atoms with Crippen molar-refractivity contribution in [3.8, 4) is 12.1 Å². The molecule has 2 saturated heterocycles. The fourth-order valence-electron chi connectivity index (χ4n) is 3.79. The molecule has 4 rings (SSSR count). The van der Waals surface area contributed by atoms with E-state index in [0.717, 1.165) is 5.56 Å². The molecule has 29 heavy (non-hydrogen) atoms. The summed E-state index contributed by atoms with van der Waals surface area (Å²) in [6.07, 6.45) is 8.27. The van der Waals surface area contributed by atoms with Gasteiger partial charge in [-0.15, -0.1) is 0 Å². The maximum atomic E-state index is 13.1. The van der Waals surface area contributed by atoms with E-state index < -0.39 is 0 Å². The molecule has 2 aromatic rings. The molecule has 2 aliphatic heterocycles. The second-order valence-corrected chi connectivity index (χ2v) is 7.06. The Morgan fingerprint density at radius 3 is 2.62 bits per heavy atom. The summed E-state index contributed by atoms with van der Waals surface area (Å²) in [5.41, 5.74) is 1.56. The zero-order chi connectivity index (χ0) is 20.2. The average molecular weight is 389 g/mol. The van der Waals surface area contributed by atoms with E-state index in [1.54, 1.807) is 18.5 Å². The molecule has 0 bridgehead atoms. The fraction of sp³-hybridized carbons (Fsp3) is 0.400. The lowest BCUT2D eigenvalue weighted by Gasteiger charge is -2.34. The summed E-state index contributed by atoms with van der Waals surface area (Å²) < 4.78 is 0. The van der Waals surface area contributed by atoms with Crippen molar-refractivity contribution in [3.63, 3.8) is 0 Å². The van der Waals surface area contributed by atoms with Gasteiger partial charge in [-0.1, -0.05) is 0 Å². The van der Waals surface area contributed by atoms with Crippen LogP contribution in [0.3, 0.4) is 0 Å². The van der Waals surface area contributed by atoms with Crippen molar-refractivity contribution in [2.75, 3.05) is 24.6 Å². The summed E-state index contributed by atoms with van der Waals surface area (Å²) in [4.78, 5) is 33.2. The topological polar surface area (TPSA) is 119 Å². The van der Waals surface area contributed by atoms with Crippen molar-refractivity contribution in [1.29, 1.82) is 10.5 Å². The van der Waals surface area contributed by atoms with Gasteiger partial charge in [-0.25, -0.2) is 10.0 Å². The molecule has 0 aliphatic carbocycles. The highest BCUT2D eigenvalue weighted by Crippen LogP contribution is 2.33. The third-order valence-electron chi connectivity index (χ3n) is 5.30. The number of aromatic nitrogens is 3. The largest absolute Gasteiger partial charge is 0.355 e. The first-order chi connectivity index (χ1) is 14.2. The van der Waals surface area contributed by atoms with Crippen LogP contribution in [0, 0.1) is 28.6 Å². The van der Waals surface area contributed by atoms with Crippen LogP contribution in [0.5, 0.6) is 0 Å². The van der Waals surface area contributed by atoms with Gasteiger partial charge >= 0.3 is 0 Å². The van der Waals surface area contributed by atoms with Crippen LogP contribution < -0.4 is 4.90 Å². The van der Waals surface area contributed by atoms with Crippen molar-refractivity contribution in [2.24, 2.45) is 5.92 Å². The van der Waals surface area contributed by atoms with E-state index in [1.807, 2.05) is 11.0 Å². The molecule has 9 heteroatoms. The lowest BCUT2D eigenvalue weighted by molar-refractivity contribution is -0.182. The van der Waals surface area contributed by atoms with Gasteiger partial charge in [0, 0.05) is 37.8 Å². The van der Waals surface area contributed by atoms with Crippen LogP contribution in [0.4, 0.5) is 5.82 Å². The van der Waals surface area contributed by atoms with Gasteiger partial charge in [-0.3, -0.25) is 19.6 Å². The highest BCUT2D eigenvalue weighted by Gasteiger charge is 2.37. The van der Waals surface area contributed by atoms with Gasteiger partial charge in [-0.05, 0) is 24.5 Å². The lowest BCUT2D eigenvalue weighted by Crippen LogP contribution is -2.42. The van der Waals surface area contributed by atoms with Crippen molar-refractivity contribution in [2.45, 2.75) is 25.3 Å². The molecule has 9 nitrogen and oxygen atoms in total. The molecular formula is C20H19N7O2. The van der Waals surface area contributed by atoms with Crippen molar-refractivity contribution in [3.05, 3.63) is 47.7 Å². The molecule has 0 saturated carbocycles. The molecule has 1 amide bonds. The number of hydrogen-bond donors (Lipinski definition) is 0. The first kappa shape index (κ1) is 18.8. The Balaban J connectivity index is 1.42. The first-order valence-electron chi connectivity index (χ1n) is 9.47. The predicted octanol–water partition coefficient (Wildman–Crippen LogP) is 1.74. The SMILES string of the molecule is N#Cc1cncc([C@@H]2CCON2C(=O)C2CCN(c3cncc(C#N)n3)CC2)c1. The second-order valence-electron chi connectivity index (χ2n) is 7.06. The molecule has 2 aliphatic rings. The maximum Gasteiger partial charge on any atom is 0.249 e. The highest BCUT2D eigenvalue weighted by atomic mass is 16.7. The summed E-state index contributed by atoms with van der Waals surface area (Å²) in [6, 6.07) is 5.62. The van der Waals surface area contributed by atoms with Crippen LogP contribution in [0.2, 0.25) is 0 Å². The fourth-order valence-corrected chi connectivity index (χ4v) is 3.79. The number of amides is 1. The second kappa shape index (κ2) is 8.21. The Kier molecular flexibility index (Phi) is 5.32. The molecule has 0 radical (unpaired) electrons. The Hall–Kier alpha value is -3.56. The van der Waals surface area contributed by atoms with Crippen LogP contribution >= 0.6 is 0 Å². The molecule has 146 valence electrons. The van der Waals surface area contributed by atoms with Crippen molar-refractivity contribution >= 4 is 11.7 Å². The minimum absolute atomic E-state index is 0.0358. The Labute approximate surface area is 168 Å². The standard InChI is InChI=1S/C20H19N7O2/c21-8-14-7-16(11-23-10-14)18-3-6-29-27(18)20(28)15-1-4-26(5-2-15)19-13-24-12-17(9-22)25-19/h7,10-13,15,18H,1-6H2/t18-/m0/s1. The number of hydroxylamine groups is 2. The maximum absolute atomic E-state index is 13.1. The number of piperidine rings is 1. The predicted molar refractivity (Wildman–Crippen MR) is 101 cm³/mol. The van der Waals surface area contributed by atoms with Crippen LogP contribution in [0.1, 0.15) is 42.1 Å². The smallest absolute Gasteiger partial charge is 0.249 e. The first-order valence-corrected chi connectivity index (χ1v) is 9.47. The molecule has 0 aromatic carbocycles. The van der Waals surface area contributed by atoms with Crippen molar-refractivity contribution in [1.82, 2.24) is 20.0 Å². The Morgan fingerprint density at radius 2 is 1.86 bits per heavy atom. The number of anilines is 1. The monoisotopic (exact) mass is 389 g/mol. The van der Waals surface area contributed by atoms with E-state index in [4.69, 9.17) is 15.4 Å². The van der Waals surface area contributed by atoms with Crippen LogP contribution in [-0.4, -0.2) is 45.6 Å². The van der Waals surface area contributed by atoms with E-state index in [-0.39, 0.29) is 23.6 Å². The quantitative estimate of drug-likeness (QED) is 0.779. The van der Waals surface area contributed by atoms with Gasteiger partial charge in [-0.2, -0.15) is 10.5 Å². The van der Waals surface area contributed by atoms with Crippen molar-refractivity contribution < 1.29 is 9.63 Å². The van der Waals surface area contributed by atoms with Crippen LogP contribution in [-0.2, 0) is 9.63 Å². The van der Waals surface area contributed by atoms with E-state index in [2.05, 4.69) is 21.0 Å². The Morgan fingerprint density at radius 1 is 1.07 bits per heavy atom. The van der Waals surface area contributed by atoms with E-state index in [1.165, 1.54) is 17.5 Å². The molecule has 0 unspecified atom stereocenters. The van der Waals surface area contributed by atoms with E-state index in [9.17, 15) is 4.79 Å². The summed E-state index contributed by atoms with van der Waals surface area (Å²) >= 11 is 0. The lowest BCUT2D eigenvalue weighted by atomic mass is 9.94. The van der Waals surface area contributed by atoms with Gasteiger partial charge in [0.25, 0.3) is 0 Å². The van der Waals surface area contributed by atoms with Gasteiger partial charge in [0.15, 0.2) is 5.69 Å². The Bertz CT molecular complexity index is 989. The summed E-state index contributed by atoms with van der Waals surface area (Å²) in [5, 5.41) is 19.6. The minimum atomic E-state index is -0.223. The van der Waals surface area contributed by atoms with Gasteiger partial charge in [0.2, 0.25) is 5.91 Å². The molecule has 0 spiro atoms. The van der Waals surface area contributed by atoms with Gasteiger partial charge < -0.3 is 4.90 Å². The summed E-state index contributed by atoms with van der Waals surface area (Å²) in [6.45, 7) is 1.77. The molecule has 0 N–H and O–H groups in total. The molecule has 2 fully saturated rings. The zero-order valence-corrected chi connectivity index (χ0v) is 15.7. The summed E-state index contributed by atoms with van der Waals surface area (Å²) in [5.74, 6) is 0.474. The number of nitriles is 2. The number of hydrogen-bond acceptors (Lipinski definition) is 8. The number of rotatable bonds is 3.